The highest BCUT2D eigenvalue weighted by molar-refractivity contribution is 7.15. The second-order valence-electron chi connectivity index (χ2n) is 5.88. The molecule has 2 aromatic heterocycles. The molecule has 3 rings (SSSR count). The van der Waals surface area contributed by atoms with Gasteiger partial charge in [-0.05, 0) is 19.3 Å². The van der Waals surface area contributed by atoms with Gasteiger partial charge in [0.05, 0.1) is 17.3 Å². The van der Waals surface area contributed by atoms with Crippen molar-refractivity contribution in [3.05, 3.63) is 34.9 Å². The van der Waals surface area contributed by atoms with E-state index in [9.17, 15) is 8.78 Å². The van der Waals surface area contributed by atoms with Gasteiger partial charge in [0.2, 0.25) is 5.95 Å². The van der Waals surface area contributed by atoms with Gasteiger partial charge in [0.15, 0.2) is 10.9 Å². The summed E-state index contributed by atoms with van der Waals surface area (Å²) in [6.45, 7) is 3.56. The molecule has 0 amide bonds. The van der Waals surface area contributed by atoms with E-state index in [1.165, 1.54) is 23.7 Å². The summed E-state index contributed by atoms with van der Waals surface area (Å²) in [4.78, 5) is 14.8. The van der Waals surface area contributed by atoms with E-state index in [0.29, 0.717) is 40.8 Å². The van der Waals surface area contributed by atoms with Crippen LogP contribution in [0.3, 0.4) is 0 Å². The molecule has 1 saturated heterocycles. The Labute approximate surface area is 137 Å². The van der Waals surface area contributed by atoms with Crippen LogP contribution in [0.2, 0.25) is 0 Å². The summed E-state index contributed by atoms with van der Waals surface area (Å²) in [6.07, 6.45) is 4.11. The molecular weight excluding hydrogens is 320 g/mol. The van der Waals surface area contributed by atoms with E-state index < -0.39 is 11.8 Å². The standard InChI is InChI=1S/C15H19F2N5S/c1-9-3-10(4-13-19-5-11(16)6-20-13)7-22(9)8-12-14(17)21-15(18-2)23-12/h5-6,9-10H,3-4,7-8H2,1-2H3,(H,18,21). The minimum absolute atomic E-state index is 0.361. The number of anilines is 1. The average molecular weight is 339 g/mol. The summed E-state index contributed by atoms with van der Waals surface area (Å²) in [5.41, 5.74) is 0. The first-order chi connectivity index (χ1) is 11.0. The first-order valence-electron chi connectivity index (χ1n) is 7.58. The molecule has 1 fully saturated rings. The zero-order valence-corrected chi connectivity index (χ0v) is 13.9. The first kappa shape index (κ1) is 16.2. The fourth-order valence-electron chi connectivity index (χ4n) is 3.01. The van der Waals surface area contributed by atoms with Gasteiger partial charge in [-0.15, -0.1) is 0 Å². The van der Waals surface area contributed by atoms with Crippen LogP contribution in [0.5, 0.6) is 0 Å². The van der Waals surface area contributed by atoms with Crippen molar-refractivity contribution in [1.82, 2.24) is 19.9 Å². The number of nitrogens with one attached hydrogen (secondary N) is 1. The molecular formula is C15H19F2N5S. The minimum Gasteiger partial charge on any atom is -0.365 e. The van der Waals surface area contributed by atoms with Gasteiger partial charge < -0.3 is 5.32 Å². The molecule has 1 aliphatic heterocycles. The van der Waals surface area contributed by atoms with Crippen LogP contribution in [0.1, 0.15) is 24.0 Å². The normalized spacial score (nSPS) is 21.7. The number of thiazole rings is 1. The molecule has 0 aliphatic carbocycles. The van der Waals surface area contributed by atoms with E-state index in [2.05, 4.69) is 32.1 Å². The molecule has 0 bridgehead atoms. The molecule has 2 aromatic rings. The second-order valence-corrected chi connectivity index (χ2v) is 6.97. The Bertz CT molecular complexity index is 660. The van der Waals surface area contributed by atoms with E-state index in [1.54, 1.807) is 7.05 Å². The third-order valence-electron chi connectivity index (χ3n) is 4.15. The highest BCUT2D eigenvalue weighted by atomic mass is 32.1. The van der Waals surface area contributed by atoms with Gasteiger partial charge in [-0.3, -0.25) is 4.90 Å². The molecule has 0 aromatic carbocycles. The average Bonchev–Trinajstić information content (AvgIpc) is 3.05. The number of rotatable bonds is 5. The second kappa shape index (κ2) is 6.84. The van der Waals surface area contributed by atoms with Crippen LogP contribution in [0, 0.1) is 17.7 Å². The molecule has 3 heterocycles. The molecule has 8 heteroatoms. The highest BCUT2D eigenvalue weighted by Gasteiger charge is 2.30. The van der Waals surface area contributed by atoms with Gasteiger partial charge in [-0.1, -0.05) is 11.3 Å². The van der Waals surface area contributed by atoms with Crippen LogP contribution in [-0.2, 0) is 13.0 Å². The number of likely N-dealkylation sites (tertiary alicyclic amines) is 1. The first-order valence-corrected chi connectivity index (χ1v) is 8.40. The monoisotopic (exact) mass is 339 g/mol. The van der Waals surface area contributed by atoms with Gasteiger partial charge in [0.25, 0.3) is 0 Å². The van der Waals surface area contributed by atoms with E-state index >= 15 is 0 Å². The summed E-state index contributed by atoms with van der Waals surface area (Å²) in [6, 6.07) is 0.361. The predicted octanol–water partition coefficient (Wildman–Crippen LogP) is 2.71. The van der Waals surface area contributed by atoms with Crippen LogP contribution in [0.25, 0.3) is 0 Å². The molecule has 124 valence electrons. The third-order valence-corrected chi connectivity index (χ3v) is 5.18. The lowest BCUT2D eigenvalue weighted by Crippen LogP contribution is -2.26. The molecule has 1 N–H and O–H groups in total. The molecule has 2 atom stereocenters. The van der Waals surface area contributed by atoms with Crippen molar-refractivity contribution in [3.8, 4) is 0 Å². The molecule has 0 radical (unpaired) electrons. The number of nitrogens with zero attached hydrogens (tertiary/aromatic N) is 4. The zero-order chi connectivity index (χ0) is 16.4. The Morgan fingerprint density at radius 3 is 2.74 bits per heavy atom. The van der Waals surface area contributed by atoms with Crippen molar-refractivity contribution in [2.24, 2.45) is 5.92 Å². The Morgan fingerprint density at radius 2 is 2.09 bits per heavy atom. The molecule has 0 spiro atoms. The van der Waals surface area contributed by atoms with Crippen LogP contribution in [0.4, 0.5) is 13.9 Å². The van der Waals surface area contributed by atoms with Crippen LogP contribution in [0.15, 0.2) is 12.4 Å². The molecule has 23 heavy (non-hydrogen) atoms. The smallest absolute Gasteiger partial charge is 0.230 e. The molecule has 5 nitrogen and oxygen atoms in total. The number of aromatic nitrogens is 3. The number of halogens is 2. The number of hydrogen-bond donors (Lipinski definition) is 1. The van der Waals surface area contributed by atoms with Crippen LogP contribution < -0.4 is 5.32 Å². The van der Waals surface area contributed by atoms with Gasteiger partial charge in [-0.2, -0.15) is 9.37 Å². The summed E-state index contributed by atoms with van der Waals surface area (Å²) >= 11 is 1.35. The Balaban J connectivity index is 1.61. The van der Waals surface area contributed by atoms with Crippen molar-refractivity contribution >= 4 is 16.5 Å². The van der Waals surface area contributed by atoms with Gasteiger partial charge in [0, 0.05) is 32.6 Å². The van der Waals surface area contributed by atoms with Gasteiger partial charge >= 0.3 is 0 Å². The topological polar surface area (TPSA) is 53.9 Å². The molecule has 0 saturated carbocycles. The SMILES string of the molecule is CNc1nc(F)c(CN2CC(Cc3ncc(F)cn3)CC2C)s1. The fraction of sp³-hybridized carbons (Fsp3) is 0.533. The Hall–Kier alpha value is -1.67. The lowest BCUT2D eigenvalue weighted by atomic mass is 10.0. The Kier molecular flexibility index (Phi) is 4.82. The van der Waals surface area contributed by atoms with E-state index in [4.69, 9.17) is 0 Å². The van der Waals surface area contributed by atoms with E-state index in [1.807, 2.05) is 0 Å². The van der Waals surface area contributed by atoms with Gasteiger partial charge in [0.1, 0.15) is 5.82 Å². The maximum Gasteiger partial charge on any atom is 0.230 e. The van der Waals surface area contributed by atoms with E-state index in [-0.39, 0.29) is 0 Å². The van der Waals surface area contributed by atoms with Crippen LogP contribution >= 0.6 is 11.3 Å². The quantitative estimate of drug-likeness (QED) is 0.908. The van der Waals surface area contributed by atoms with Crippen molar-refractivity contribution in [1.29, 1.82) is 0 Å². The molecule has 1 aliphatic rings. The fourth-order valence-corrected chi connectivity index (χ4v) is 3.83. The number of hydrogen-bond acceptors (Lipinski definition) is 6. The highest BCUT2D eigenvalue weighted by Crippen LogP contribution is 2.30. The van der Waals surface area contributed by atoms with Crippen LogP contribution in [-0.4, -0.2) is 39.5 Å². The zero-order valence-electron chi connectivity index (χ0n) is 13.1. The predicted molar refractivity (Wildman–Crippen MR) is 85.3 cm³/mol. The summed E-state index contributed by atoms with van der Waals surface area (Å²) in [5.74, 6) is 0.246. The summed E-state index contributed by atoms with van der Waals surface area (Å²) in [5, 5.41) is 3.47. The minimum atomic E-state index is -0.420. The maximum atomic E-state index is 13.8. The third kappa shape index (κ3) is 3.81. The van der Waals surface area contributed by atoms with Crippen molar-refractivity contribution in [3.63, 3.8) is 0 Å². The lowest BCUT2D eigenvalue weighted by molar-refractivity contribution is 0.253. The summed E-state index contributed by atoms with van der Waals surface area (Å²) < 4.78 is 26.7. The molecule has 2 unspecified atom stereocenters. The Morgan fingerprint density at radius 1 is 1.35 bits per heavy atom. The van der Waals surface area contributed by atoms with E-state index in [0.717, 1.165) is 13.0 Å². The van der Waals surface area contributed by atoms with Crippen molar-refractivity contribution in [2.45, 2.75) is 32.4 Å². The lowest BCUT2D eigenvalue weighted by Gasteiger charge is -2.19. The van der Waals surface area contributed by atoms with Crippen molar-refractivity contribution < 1.29 is 8.78 Å². The largest absolute Gasteiger partial charge is 0.365 e. The maximum absolute atomic E-state index is 13.8. The van der Waals surface area contributed by atoms with Crippen molar-refractivity contribution in [2.75, 3.05) is 18.9 Å². The summed E-state index contributed by atoms with van der Waals surface area (Å²) in [7, 11) is 1.74. The van der Waals surface area contributed by atoms with Gasteiger partial charge in [-0.25, -0.2) is 14.4 Å².